The van der Waals surface area contributed by atoms with Crippen LogP contribution in [0.25, 0.3) is 16.6 Å². The van der Waals surface area contributed by atoms with Crippen molar-refractivity contribution in [2.45, 2.75) is 24.3 Å². The number of fused-ring (bicyclic) bond motifs is 1. The molecule has 0 saturated carbocycles. The molecule has 1 atom stereocenters. The second kappa shape index (κ2) is 7.56. The number of nitrogens with two attached hydrogens (primary N) is 1. The standard InChI is InChI=1S/C21H19N5O2S/c1-12-6-5-7-14(10-12)26-17(22)11-18(27)24-21(26)29-13(2)19-23-16-9-4-3-8-15(16)20(28)25-19/h3-11,13H,22H2,1-2H3,(H,23,25,28)/t13-/m0/s1. The fourth-order valence-electron chi connectivity index (χ4n) is 3.09. The van der Waals surface area contributed by atoms with Crippen LogP contribution in [-0.2, 0) is 0 Å². The molecule has 0 amide bonds. The van der Waals surface area contributed by atoms with Crippen molar-refractivity contribution >= 4 is 28.5 Å². The molecule has 4 aromatic rings. The van der Waals surface area contributed by atoms with Crippen LogP contribution >= 0.6 is 11.8 Å². The molecule has 0 spiro atoms. The number of anilines is 1. The highest BCUT2D eigenvalue weighted by Crippen LogP contribution is 2.33. The van der Waals surface area contributed by atoms with E-state index >= 15 is 0 Å². The summed E-state index contributed by atoms with van der Waals surface area (Å²) in [7, 11) is 0. The summed E-state index contributed by atoms with van der Waals surface area (Å²) in [4.78, 5) is 36.0. The number of thioether (sulfide) groups is 1. The fourth-order valence-corrected chi connectivity index (χ4v) is 4.09. The smallest absolute Gasteiger partial charge is 0.275 e. The number of H-pyrrole nitrogens is 1. The van der Waals surface area contributed by atoms with Gasteiger partial charge in [0.15, 0.2) is 5.16 Å². The molecule has 2 aromatic carbocycles. The Hall–Kier alpha value is -3.39. The summed E-state index contributed by atoms with van der Waals surface area (Å²) in [6.45, 7) is 3.88. The number of para-hydroxylation sites is 1. The molecule has 29 heavy (non-hydrogen) atoms. The van der Waals surface area contributed by atoms with Gasteiger partial charge in [0.25, 0.3) is 11.1 Å². The lowest BCUT2D eigenvalue weighted by molar-refractivity contribution is 0.811. The van der Waals surface area contributed by atoms with Gasteiger partial charge in [-0.1, -0.05) is 36.0 Å². The van der Waals surface area contributed by atoms with Crippen molar-refractivity contribution in [2.24, 2.45) is 0 Å². The summed E-state index contributed by atoms with van der Waals surface area (Å²) >= 11 is 1.31. The Morgan fingerprint density at radius 3 is 2.66 bits per heavy atom. The van der Waals surface area contributed by atoms with Gasteiger partial charge in [0.05, 0.1) is 16.2 Å². The zero-order valence-corrected chi connectivity index (χ0v) is 16.7. The van der Waals surface area contributed by atoms with Gasteiger partial charge in [-0.2, -0.15) is 4.98 Å². The van der Waals surface area contributed by atoms with Gasteiger partial charge in [-0.25, -0.2) is 4.98 Å². The van der Waals surface area contributed by atoms with Crippen molar-refractivity contribution in [2.75, 3.05) is 5.73 Å². The number of rotatable bonds is 4. The van der Waals surface area contributed by atoms with Crippen LogP contribution in [0.15, 0.2) is 69.3 Å². The minimum Gasteiger partial charge on any atom is -0.385 e. The number of nitrogen functional groups attached to an aromatic ring is 1. The molecule has 0 unspecified atom stereocenters. The lowest BCUT2D eigenvalue weighted by Crippen LogP contribution is -2.18. The molecule has 2 aromatic heterocycles. The topological polar surface area (TPSA) is 107 Å². The maximum atomic E-state index is 12.4. The van der Waals surface area contributed by atoms with Gasteiger partial charge in [0.1, 0.15) is 11.6 Å². The van der Waals surface area contributed by atoms with Crippen molar-refractivity contribution in [3.05, 3.63) is 86.7 Å². The van der Waals surface area contributed by atoms with E-state index in [1.54, 1.807) is 22.8 Å². The maximum Gasteiger partial charge on any atom is 0.275 e. The largest absolute Gasteiger partial charge is 0.385 e. The van der Waals surface area contributed by atoms with Crippen LogP contribution in [0.3, 0.4) is 0 Å². The number of hydrogen-bond acceptors (Lipinski definition) is 6. The third-order valence-corrected chi connectivity index (χ3v) is 5.55. The molecule has 0 fully saturated rings. The van der Waals surface area contributed by atoms with Gasteiger partial charge in [-0.15, -0.1) is 0 Å². The van der Waals surface area contributed by atoms with Crippen molar-refractivity contribution in [3.8, 4) is 5.69 Å². The van der Waals surface area contributed by atoms with Gasteiger partial charge >= 0.3 is 0 Å². The van der Waals surface area contributed by atoms with E-state index < -0.39 is 5.56 Å². The fraction of sp³-hybridized carbons (Fsp3) is 0.143. The van der Waals surface area contributed by atoms with Gasteiger partial charge < -0.3 is 10.7 Å². The second-order valence-corrected chi connectivity index (χ2v) is 8.01. The van der Waals surface area contributed by atoms with Crippen LogP contribution in [0, 0.1) is 6.92 Å². The Morgan fingerprint density at radius 1 is 1.07 bits per heavy atom. The molecular formula is C21H19N5O2S. The summed E-state index contributed by atoms with van der Waals surface area (Å²) in [5, 5.41) is 0.702. The van der Waals surface area contributed by atoms with E-state index in [1.807, 2.05) is 44.2 Å². The monoisotopic (exact) mass is 405 g/mol. The first-order chi connectivity index (χ1) is 13.9. The molecule has 0 aliphatic rings. The first-order valence-corrected chi connectivity index (χ1v) is 9.92. The maximum absolute atomic E-state index is 12.4. The molecular weight excluding hydrogens is 386 g/mol. The van der Waals surface area contributed by atoms with Crippen LogP contribution in [0.4, 0.5) is 5.82 Å². The zero-order valence-electron chi connectivity index (χ0n) is 15.9. The number of benzene rings is 2. The van der Waals surface area contributed by atoms with Crippen LogP contribution in [0.5, 0.6) is 0 Å². The van der Waals surface area contributed by atoms with Gasteiger partial charge in [-0.05, 0) is 43.7 Å². The summed E-state index contributed by atoms with van der Waals surface area (Å²) in [5.74, 6) is 0.802. The highest BCUT2D eigenvalue weighted by Gasteiger charge is 2.18. The van der Waals surface area contributed by atoms with E-state index in [9.17, 15) is 9.59 Å². The van der Waals surface area contributed by atoms with Crippen LogP contribution < -0.4 is 16.9 Å². The summed E-state index contributed by atoms with van der Waals surface area (Å²) in [6.07, 6.45) is 0. The van der Waals surface area contributed by atoms with E-state index in [-0.39, 0.29) is 10.8 Å². The molecule has 0 bridgehead atoms. The third kappa shape index (κ3) is 3.79. The molecule has 8 heteroatoms. The highest BCUT2D eigenvalue weighted by molar-refractivity contribution is 7.99. The zero-order chi connectivity index (χ0) is 20.5. The average molecular weight is 405 g/mol. The Labute approximate surface area is 170 Å². The Bertz CT molecular complexity index is 1330. The molecule has 4 rings (SSSR count). The SMILES string of the molecule is Cc1cccc(-n2c(N)cc(=O)nc2S[C@@H](C)c2nc3ccccc3c(=O)[nH]2)c1. The quantitative estimate of drug-likeness (QED) is 0.399. The van der Waals surface area contributed by atoms with E-state index in [0.29, 0.717) is 27.7 Å². The molecule has 0 saturated heterocycles. The van der Waals surface area contributed by atoms with Gasteiger partial charge in [-0.3, -0.25) is 14.2 Å². The third-order valence-electron chi connectivity index (χ3n) is 4.48. The first-order valence-electron chi connectivity index (χ1n) is 9.04. The predicted octanol–water partition coefficient (Wildman–Crippen LogP) is 3.21. The molecule has 3 N–H and O–H groups in total. The number of aromatic amines is 1. The lowest BCUT2D eigenvalue weighted by atomic mass is 10.2. The van der Waals surface area contributed by atoms with Gasteiger partial charge in [0.2, 0.25) is 0 Å². The first kappa shape index (κ1) is 18.9. The highest BCUT2D eigenvalue weighted by atomic mass is 32.2. The van der Waals surface area contributed by atoms with E-state index in [2.05, 4.69) is 15.0 Å². The van der Waals surface area contributed by atoms with Crippen LogP contribution in [-0.4, -0.2) is 19.5 Å². The minimum atomic E-state index is -0.416. The number of nitrogens with zero attached hydrogens (tertiary/aromatic N) is 3. The summed E-state index contributed by atoms with van der Waals surface area (Å²) in [5.41, 5.74) is 8.03. The molecule has 0 aliphatic carbocycles. The molecule has 7 nitrogen and oxygen atoms in total. The normalized spacial score (nSPS) is 12.2. The van der Waals surface area contributed by atoms with E-state index in [1.165, 1.54) is 17.8 Å². The number of nitrogens with one attached hydrogen (secondary N) is 1. The van der Waals surface area contributed by atoms with E-state index in [0.717, 1.165) is 11.3 Å². The molecule has 0 aliphatic heterocycles. The summed E-state index contributed by atoms with van der Waals surface area (Å²) in [6, 6.07) is 16.2. The van der Waals surface area contributed by atoms with Crippen molar-refractivity contribution in [1.29, 1.82) is 0 Å². The number of aromatic nitrogens is 4. The molecule has 146 valence electrons. The van der Waals surface area contributed by atoms with E-state index in [4.69, 9.17) is 5.73 Å². The Morgan fingerprint density at radius 2 is 1.86 bits per heavy atom. The Kier molecular flexibility index (Phi) is 4.94. The average Bonchev–Trinajstić information content (AvgIpc) is 2.67. The Balaban J connectivity index is 1.78. The number of aryl methyl sites for hydroxylation is 1. The summed E-state index contributed by atoms with van der Waals surface area (Å²) < 4.78 is 1.73. The van der Waals surface area contributed by atoms with Crippen molar-refractivity contribution in [3.63, 3.8) is 0 Å². The van der Waals surface area contributed by atoms with Crippen molar-refractivity contribution in [1.82, 2.24) is 19.5 Å². The lowest BCUT2D eigenvalue weighted by Gasteiger charge is -2.17. The van der Waals surface area contributed by atoms with Crippen LogP contribution in [0.2, 0.25) is 0 Å². The van der Waals surface area contributed by atoms with Crippen LogP contribution in [0.1, 0.15) is 23.6 Å². The predicted molar refractivity (Wildman–Crippen MR) is 116 cm³/mol. The van der Waals surface area contributed by atoms with Crippen molar-refractivity contribution < 1.29 is 0 Å². The number of hydrogen-bond donors (Lipinski definition) is 2. The molecule has 0 radical (unpaired) electrons. The molecule has 2 heterocycles. The second-order valence-electron chi connectivity index (χ2n) is 6.70. The minimum absolute atomic E-state index is 0.199. The van der Waals surface area contributed by atoms with Gasteiger partial charge in [0, 0.05) is 11.8 Å².